The average Bonchev–Trinajstić information content (AvgIpc) is 3.20. The van der Waals surface area contributed by atoms with E-state index in [1.54, 1.807) is 0 Å². The summed E-state index contributed by atoms with van der Waals surface area (Å²) in [6, 6.07) is 4.13. The number of halogens is 1. The van der Waals surface area contributed by atoms with E-state index in [4.69, 9.17) is 9.73 Å². The minimum absolute atomic E-state index is 0. The highest BCUT2D eigenvalue weighted by Crippen LogP contribution is 2.40. The molecular formula is C21H36IN5O. The first-order valence-electron chi connectivity index (χ1n) is 10.5. The third-order valence-electron chi connectivity index (χ3n) is 5.97. The molecule has 1 aliphatic heterocycles. The van der Waals surface area contributed by atoms with Gasteiger partial charge in [-0.25, -0.2) is 9.98 Å². The predicted octanol–water partition coefficient (Wildman–Crippen LogP) is 3.56. The largest absolute Gasteiger partial charge is 0.378 e. The smallest absolute Gasteiger partial charge is 0.191 e. The van der Waals surface area contributed by atoms with Gasteiger partial charge in [-0.3, -0.25) is 0 Å². The summed E-state index contributed by atoms with van der Waals surface area (Å²) in [5.41, 5.74) is 1.62. The summed E-state index contributed by atoms with van der Waals surface area (Å²) in [5.74, 6) is 1.95. The molecule has 2 heterocycles. The Balaban J connectivity index is 0.00000280. The molecule has 6 nitrogen and oxygen atoms in total. The average molecular weight is 501 g/mol. The molecule has 2 fully saturated rings. The molecule has 1 saturated carbocycles. The summed E-state index contributed by atoms with van der Waals surface area (Å²) in [6.45, 7) is 10.3. The number of rotatable bonds is 7. The highest BCUT2D eigenvalue weighted by molar-refractivity contribution is 14.0. The van der Waals surface area contributed by atoms with Crippen molar-refractivity contribution >= 4 is 35.8 Å². The van der Waals surface area contributed by atoms with Crippen molar-refractivity contribution in [3.05, 3.63) is 23.9 Å². The Morgan fingerprint density at radius 2 is 1.96 bits per heavy atom. The van der Waals surface area contributed by atoms with Crippen LogP contribution in [0.4, 0.5) is 5.82 Å². The molecule has 0 amide bonds. The molecular weight excluding hydrogens is 465 g/mol. The number of anilines is 1. The van der Waals surface area contributed by atoms with Gasteiger partial charge in [-0.05, 0) is 37.7 Å². The predicted molar refractivity (Wildman–Crippen MR) is 127 cm³/mol. The first-order chi connectivity index (χ1) is 13.3. The standard InChI is InChI=1S/C21H35N5O.HI/c1-3-21(9-5-6-10-21)17-25-20(22-4-2)24-16-18-8-7-11-23-19(18)26-12-14-27-15-13-26;/h7-8,11H,3-6,9-10,12-17H2,1-2H3,(H2,22,24,25);1H. The van der Waals surface area contributed by atoms with Crippen molar-refractivity contribution in [2.75, 3.05) is 44.3 Å². The summed E-state index contributed by atoms with van der Waals surface area (Å²) in [5, 5.41) is 7.01. The monoisotopic (exact) mass is 501 g/mol. The molecule has 0 aromatic carbocycles. The fourth-order valence-corrected chi connectivity index (χ4v) is 4.17. The van der Waals surface area contributed by atoms with Crippen LogP contribution in [-0.2, 0) is 11.3 Å². The third kappa shape index (κ3) is 6.20. The zero-order chi connectivity index (χ0) is 19.0. The van der Waals surface area contributed by atoms with E-state index in [1.807, 2.05) is 12.3 Å². The molecule has 3 rings (SSSR count). The fourth-order valence-electron chi connectivity index (χ4n) is 4.17. The quantitative estimate of drug-likeness (QED) is 0.340. The minimum Gasteiger partial charge on any atom is -0.378 e. The van der Waals surface area contributed by atoms with E-state index in [-0.39, 0.29) is 24.0 Å². The zero-order valence-corrected chi connectivity index (χ0v) is 19.7. The summed E-state index contributed by atoms with van der Waals surface area (Å²) in [4.78, 5) is 11.8. The molecule has 1 saturated heterocycles. The Bertz CT molecular complexity index is 613. The molecule has 28 heavy (non-hydrogen) atoms. The van der Waals surface area contributed by atoms with Crippen LogP contribution in [0.15, 0.2) is 23.3 Å². The van der Waals surface area contributed by atoms with Gasteiger partial charge in [-0.15, -0.1) is 24.0 Å². The number of hydrogen-bond donors (Lipinski definition) is 2. The van der Waals surface area contributed by atoms with Crippen LogP contribution in [-0.4, -0.2) is 50.3 Å². The van der Waals surface area contributed by atoms with Crippen LogP contribution >= 0.6 is 24.0 Å². The number of nitrogens with one attached hydrogen (secondary N) is 2. The van der Waals surface area contributed by atoms with Crippen LogP contribution in [0.25, 0.3) is 0 Å². The number of morpholine rings is 1. The zero-order valence-electron chi connectivity index (χ0n) is 17.4. The van der Waals surface area contributed by atoms with Gasteiger partial charge in [-0.1, -0.05) is 25.8 Å². The summed E-state index contributed by atoms with van der Waals surface area (Å²) >= 11 is 0. The fraction of sp³-hybridized carbons (Fsp3) is 0.714. The number of guanidine groups is 1. The van der Waals surface area contributed by atoms with Crippen LogP contribution < -0.4 is 15.5 Å². The minimum atomic E-state index is 0. The van der Waals surface area contributed by atoms with Gasteiger partial charge in [0.2, 0.25) is 0 Å². The maximum atomic E-state index is 5.47. The molecule has 2 N–H and O–H groups in total. The van der Waals surface area contributed by atoms with Gasteiger partial charge in [-0.2, -0.15) is 0 Å². The molecule has 1 aliphatic carbocycles. The molecule has 158 valence electrons. The number of hydrogen-bond acceptors (Lipinski definition) is 4. The summed E-state index contributed by atoms with van der Waals surface area (Å²) < 4.78 is 5.47. The lowest BCUT2D eigenvalue weighted by molar-refractivity contribution is 0.122. The Labute approximate surface area is 186 Å². The Kier molecular flexibility index (Phi) is 9.77. The molecule has 7 heteroatoms. The van der Waals surface area contributed by atoms with E-state index >= 15 is 0 Å². The van der Waals surface area contributed by atoms with Gasteiger partial charge < -0.3 is 20.3 Å². The van der Waals surface area contributed by atoms with Crippen molar-refractivity contribution in [1.29, 1.82) is 0 Å². The van der Waals surface area contributed by atoms with Crippen molar-refractivity contribution in [3.63, 3.8) is 0 Å². The van der Waals surface area contributed by atoms with Gasteiger partial charge in [0.15, 0.2) is 5.96 Å². The number of ether oxygens (including phenoxy) is 1. The molecule has 2 aliphatic rings. The maximum absolute atomic E-state index is 5.47. The number of aromatic nitrogens is 1. The molecule has 0 unspecified atom stereocenters. The van der Waals surface area contributed by atoms with Gasteiger partial charge in [0.05, 0.1) is 19.8 Å². The van der Waals surface area contributed by atoms with Crippen LogP contribution in [0.3, 0.4) is 0 Å². The highest BCUT2D eigenvalue weighted by atomic mass is 127. The second-order valence-electron chi connectivity index (χ2n) is 7.69. The Hall–Kier alpha value is -1.09. The first kappa shape index (κ1) is 23.2. The normalized spacial score (nSPS) is 19.2. The Morgan fingerprint density at radius 3 is 2.64 bits per heavy atom. The number of aliphatic imine (C=N–C) groups is 1. The lowest BCUT2D eigenvalue weighted by Gasteiger charge is -2.29. The van der Waals surface area contributed by atoms with Gasteiger partial charge in [0.25, 0.3) is 0 Å². The first-order valence-corrected chi connectivity index (χ1v) is 10.5. The van der Waals surface area contributed by atoms with E-state index in [0.29, 0.717) is 12.0 Å². The van der Waals surface area contributed by atoms with Gasteiger partial charge >= 0.3 is 0 Å². The molecule has 0 bridgehead atoms. The van der Waals surface area contributed by atoms with Gasteiger partial charge in [0, 0.05) is 37.9 Å². The van der Waals surface area contributed by atoms with Crippen molar-refractivity contribution in [3.8, 4) is 0 Å². The van der Waals surface area contributed by atoms with Crippen LogP contribution in [0.1, 0.15) is 51.5 Å². The van der Waals surface area contributed by atoms with E-state index in [9.17, 15) is 0 Å². The van der Waals surface area contributed by atoms with Crippen LogP contribution in [0.2, 0.25) is 0 Å². The maximum Gasteiger partial charge on any atom is 0.191 e. The molecule has 0 atom stereocenters. The lowest BCUT2D eigenvalue weighted by atomic mass is 9.83. The number of pyridine rings is 1. The van der Waals surface area contributed by atoms with Crippen molar-refractivity contribution in [1.82, 2.24) is 15.6 Å². The second-order valence-corrected chi connectivity index (χ2v) is 7.69. The van der Waals surface area contributed by atoms with Crippen molar-refractivity contribution in [2.45, 2.75) is 52.5 Å². The van der Waals surface area contributed by atoms with E-state index < -0.39 is 0 Å². The third-order valence-corrected chi connectivity index (χ3v) is 5.97. The van der Waals surface area contributed by atoms with Crippen LogP contribution in [0, 0.1) is 5.41 Å². The topological polar surface area (TPSA) is 61.8 Å². The molecule has 0 radical (unpaired) electrons. The molecule has 1 aromatic heterocycles. The van der Waals surface area contributed by atoms with Crippen molar-refractivity contribution in [2.24, 2.45) is 10.4 Å². The van der Waals surface area contributed by atoms with Crippen molar-refractivity contribution < 1.29 is 4.74 Å². The SMILES string of the molecule is CCNC(=NCc1cccnc1N1CCOCC1)NCC1(CC)CCCC1.I. The highest BCUT2D eigenvalue weighted by Gasteiger charge is 2.31. The number of nitrogens with zero attached hydrogens (tertiary/aromatic N) is 3. The molecule has 0 spiro atoms. The second kappa shape index (κ2) is 11.8. The summed E-state index contributed by atoms with van der Waals surface area (Å²) in [7, 11) is 0. The van der Waals surface area contributed by atoms with Crippen LogP contribution in [0.5, 0.6) is 0 Å². The van der Waals surface area contributed by atoms with E-state index in [0.717, 1.165) is 51.2 Å². The molecule has 1 aromatic rings. The Morgan fingerprint density at radius 1 is 1.21 bits per heavy atom. The van der Waals surface area contributed by atoms with Gasteiger partial charge in [0.1, 0.15) is 5.82 Å². The van der Waals surface area contributed by atoms with E-state index in [1.165, 1.54) is 37.7 Å². The van der Waals surface area contributed by atoms with E-state index in [2.05, 4.69) is 40.4 Å². The lowest BCUT2D eigenvalue weighted by Crippen LogP contribution is -2.43. The summed E-state index contributed by atoms with van der Waals surface area (Å²) in [6.07, 6.45) is 8.50.